The summed E-state index contributed by atoms with van der Waals surface area (Å²) in [6.45, 7) is 1.69. The first-order valence-corrected chi connectivity index (χ1v) is 7.51. The number of aliphatic hydroxyl groups is 1. The van der Waals surface area contributed by atoms with E-state index in [1.165, 1.54) is 19.3 Å². The molecule has 1 aromatic rings. The van der Waals surface area contributed by atoms with Gasteiger partial charge in [-0.25, -0.2) is 0 Å². The van der Waals surface area contributed by atoms with Gasteiger partial charge in [0.05, 0.1) is 13.2 Å². The van der Waals surface area contributed by atoms with Crippen LogP contribution >= 0.6 is 0 Å². The van der Waals surface area contributed by atoms with Gasteiger partial charge in [-0.1, -0.05) is 24.6 Å². The van der Waals surface area contributed by atoms with Gasteiger partial charge in [0.15, 0.2) is 0 Å². The summed E-state index contributed by atoms with van der Waals surface area (Å²) in [5, 5.41) is 9.13. The van der Waals surface area contributed by atoms with Crippen molar-refractivity contribution in [2.24, 2.45) is 5.73 Å². The van der Waals surface area contributed by atoms with Gasteiger partial charge in [0, 0.05) is 31.3 Å². The lowest BCUT2D eigenvalue weighted by Gasteiger charge is -2.42. The van der Waals surface area contributed by atoms with Crippen molar-refractivity contribution in [1.82, 2.24) is 4.90 Å². The molecule has 1 aliphatic rings. The maximum Gasteiger partial charge on any atom is 0.123 e. The van der Waals surface area contributed by atoms with Crippen LogP contribution in [0.3, 0.4) is 0 Å². The van der Waals surface area contributed by atoms with Crippen molar-refractivity contribution in [2.75, 3.05) is 26.8 Å². The summed E-state index contributed by atoms with van der Waals surface area (Å²) >= 11 is 0. The van der Waals surface area contributed by atoms with Crippen LogP contribution in [0.2, 0.25) is 0 Å². The van der Waals surface area contributed by atoms with Crippen molar-refractivity contribution in [1.29, 1.82) is 0 Å². The number of aliphatic hydroxyl groups excluding tert-OH is 1. The first-order chi connectivity index (χ1) is 9.81. The second-order valence-corrected chi connectivity index (χ2v) is 5.39. The Morgan fingerprint density at radius 3 is 2.70 bits per heavy atom. The molecule has 1 fully saturated rings. The molecular weight excluding hydrogens is 252 g/mol. The normalized spacial score (nSPS) is 17.0. The molecule has 1 saturated carbocycles. The Hall–Kier alpha value is -1.10. The van der Waals surface area contributed by atoms with Gasteiger partial charge in [-0.05, 0) is 25.3 Å². The molecule has 1 atom stereocenters. The summed E-state index contributed by atoms with van der Waals surface area (Å²) in [5.41, 5.74) is 7.21. The van der Waals surface area contributed by atoms with Crippen molar-refractivity contribution in [3.8, 4) is 5.75 Å². The summed E-state index contributed by atoms with van der Waals surface area (Å²) in [7, 11) is 1.70. The third-order valence-corrected chi connectivity index (χ3v) is 4.24. The molecule has 1 aliphatic carbocycles. The number of benzene rings is 1. The van der Waals surface area contributed by atoms with Crippen molar-refractivity contribution >= 4 is 0 Å². The topological polar surface area (TPSA) is 58.7 Å². The molecule has 0 aliphatic heterocycles. The van der Waals surface area contributed by atoms with Crippen LogP contribution in [0.15, 0.2) is 24.3 Å². The largest absolute Gasteiger partial charge is 0.496 e. The number of nitrogens with two attached hydrogens (primary N) is 1. The van der Waals surface area contributed by atoms with Crippen molar-refractivity contribution in [3.63, 3.8) is 0 Å². The van der Waals surface area contributed by atoms with E-state index in [-0.39, 0.29) is 12.6 Å². The number of nitrogens with zero attached hydrogens (tertiary/aromatic N) is 1. The van der Waals surface area contributed by atoms with Crippen LogP contribution in [0.4, 0.5) is 0 Å². The van der Waals surface area contributed by atoms with Gasteiger partial charge in [0.1, 0.15) is 5.75 Å². The van der Waals surface area contributed by atoms with Crippen LogP contribution in [-0.4, -0.2) is 42.9 Å². The average Bonchev–Trinajstić information content (AvgIpc) is 2.43. The highest BCUT2D eigenvalue weighted by Gasteiger charge is 2.31. The first-order valence-electron chi connectivity index (χ1n) is 7.51. The Labute approximate surface area is 121 Å². The molecule has 0 bridgehead atoms. The van der Waals surface area contributed by atoms with E-state index in [2.05, 4.69) is 11.0 Å². The van der Waals surface area contributed by atoms with Crippen LogP contribution < -0.4 is 10.5 Å². The van der Waals surface area contributed by atoms with Gasteiger partial charge in [-0.3, -0.25) is 4.90 Å². The van der Waals surface area contributed by atoms with Crippen LogP contribution in [0.1, 0.15) is 37.3 Å². The smallest absolute Gasteiger partial charge is 0.123 e. The molecule has 4 heteroatoms. The van der Waals surface area contributed by atoms with E-state index in [1.54, 1.807) is 7.11 Å². The molecule has 0 radical (unpaired) electrons. The second kappa shape index (κ2) is 7.62. The van der Waals surface area contributed by atoms with Crippen LogP contribution in [-0.2, 0) is 0 Å². The average molecular weight is 278 g/mol. The highest BCUT2D eigenvalue weighted by atomic mass is 16.5. The van der Waals surface area contributed by atoms with Crippen molar-refractivity contribution < 1.29 is 9.84 Å². The minimum atomic E-state index is 0.169. The number of hydrogen-bond donors (Lipinski definition) is 2. The Morgan fingerprint density at radius 1 is 1.40 bits per heavy atom. The van der Waals surface area contributed by atoms with Gasteiger partial charge < -0.3 is 15.6 Å². The first kappa shape index (κ1) is 15.3. The highest BCUT2D eigenvalue weighted by Crippen LogP contribution is 2.35. The molecule has 1 aromatic carbocycles. The zero-order chi connectivity index (χ0) is 14.4. The Bertz CT molecular complexity index is 407. The molecule has 0 saturated heterocycles. The number of rotatable bonds is 8. The van der Waals surface area contributed by atoms with E-state index in [1.807, 2.05) is 18.2 Å². The molecule has 1 unspecified atom stereocenters. The Balaban J connectivity index is 2.21. The van der Waals surface area contributed by atoms with E-state index in [9.17, 15) is 0 Å². The van der Waals surface area contributed by atoms with Gasteiger partial charge in [0.25, 0.3) is 0 Å². The van der Waals surface area contributed by atoms with Crippen LogP contribution in [0.5, 0.6) is 5.75 Å². The maximum atomic E-state index is 9.13. The molecule has 0 aromatic heterocycles. The molecule has 2 rings (SSSR count). The zero-order valence-electron chi connectivity index (χ0n) is 12.3. The van der Waals surface area contributed by atoms with Gasteiger partial charge in [-0.2, -0.15) is 0 Å². The molecular formula is C16H26N2O2. The predicted molar refractivity (Wildman–Crippen MR) is 80.8 cm³/mol. The number of methoxy groups -OCH3 is 1. The van der Waals surface area contributed by atoms with Crippen molar-refractivity contribution in [3.05, 3.63) is 29.8 Å². The van der Waals surface area contributed by atoms with Gasteiger partial charge in [-0.15, -0.1) is 0 Å². The number of hydrogen-bond acceptors (Lipinski definition) is 4. The zero-order valence-corrected chi connectivity index (χ0v) is 12.3. The molecule has 112 valence electrons. The van der Waals surface area contributed by atoms with Gasteiger partial charge in [0.2, 0.25) is 0 Å². The molecule has 20 heavy (non-hydrogen) atoms. The van der Waals surface area contributed by atoms with Crippen LogP contribution in [0.25, 0.3) is 0 Å². The van der Waals surface area contributed by atoms with Crippen molar-refractivity contribution in [2.45, 2.75) is 37.8 Å². The third kappa shape index (κ3) is 3.32. The number of para-hydroxylation sites is 1. The monoisotopic (exact) mass is 278 g/mol. The Kier molecular flexibility index (Phi) is 5.83. The lowest BCUT2D eigenvalue weighted by atomic mass is 9.88. The molecule has 0 amide bonds. The fraction of sp³-hybridized carbons (Fsp3) is 0.625. The fourth-order valence-corrected chi connectivity index (χ4v) is 2.95. The molecule has 4 nitrogen and oxygen atoms in total. The predicted octanol–water partition coefficient (Wildman–Crippen LogP) is 1.93. The maximum absolute atomic E-state index is 9.13. The Morgan fingerprint density at radius 2 is 2.15 bits per heavy atom. The van der Waals surface area contributed by atoms with E-state index in [0.717, 1.165) is 24.3 Å². The van der Waals surface area contributed by atoms with Gasteiger partial charge >= 0.3 is 0 Å². The molecule has 0 heterocycles. The van der Waals surface area contributed by atoms with E-state index >= 15 is 0 Å². The quantitative estimate of drug-likeness (QED) is 0.763. The summed E-state index contributed by atoms with van der Waals surface area (Å²) in [4.78, 5) is 2.46. The molecule has 0 spiro atoms. The summed E-state index contributed by atoms with van der Waals surface area (Å²) < 4.78 is 5.48. The minimum Gasteiger partial charge on any atom is -0.496 e. The van der Waals surface area contributed by atoms with Crippen LogP contribution in [0, 0.1) is 0 Å². The van der Waals surface area contributed by atoms with E-state index in [0.29, 0.717) is 12.6 Å². The minimum absolute atomic E-state index is 0.169. The number of ether oxygens (including phenoxy) is 1. The van der Waals surface area contributed by atoms with E-state index in [4.69, 9.17) is 15.6 Å². The standard InChI is InChI=1S/C16H26N2O2/c1-20-16-9-3-2-8-14(16)15(12-17)18(10-5-11-19)13-6-4-7-13/h2-3,8-9,13,15,19H,4-7,10-12,17H2,1H3. The van der Waals surface area contributed by atoms with E-state index < -0.39 is 0 Å². The highest BCUT2D eigenvalue weighted by molar-refractivity contribution is 5.36. The lowest BCUT2D eigenvalue weighted by Crippen LogP contribution is -2.45. The summed E-state index contributed by atoms with van der Waals surface area (Å²) in [6.07, 6.45) is 4.56. The summed E-state index contributed by atoms with van der Waals surface area (Å²) in [5.74, 6) is 0.899. The lowest BCUT2D eigenvalue weighted by molar-refractivity contribution is 0.0732. The summed E-state index contributed by atoms with van der Waals surface area (Å²) in [6, 6.07) is 8.87. The SMILES string of the molecule is COc1ccccc1C(CN)N(CCCO)C1CCC1. The molecule has 3 N–H and O–H groups in total. The second-order valence-electron chi connectivity index (χ2n) is 5.39. The fourth-order valence-electron chi connectivity index (χ4n) is 2.95. The third-order valence-electron chi connectivity index (χ3n) is 4.24.